The number of imidazole rings is 1. The number of hydrogen-bond donors (Lipinski definition) is 3. The minimum Gasteiger partial charge on any atom is -0.448 e. The Morgan fingerprint density at radius 3 is 2.41 bits per heavy atom. The van der Waals surface area contributed by atoms with Crippen molar-refractivity contribution in [1.82, 2.24) is 19.5 Å². The molecule has 0 aliphatic carbocycles. The standard InChI is InChI=1S/C37H41N9O5/c1-3-4-5-10-23-50-37(49)43-35(38)26-13-16-28(17-14-26)41-25-33-42-29-24-27(15-18-30(29)45(33)2)36(48)46(32-12-7-9-21-40-32)22-19-34(47)51-44-31-11-6-8-20-39-31/h6-9,11-18,20-21,24,41H,3-5,10,19,22-23,25H2,1-2H3,(H,39,44)(H2,38,43,49). The van der Waals surface area contributed by atoms with Crippen molar-refractivity contribution in [1.29, 1.82) is 0 Å². The van der Waals surface area contributed by atoms with Gasteiger partial charge in [-0.3, -0.25) is 9.69 Å². The summed E-state index contributed by atoms with van der Waals surface area (Å²) in [5.74, 6) is 0.710. The van der Waals surface area contributed by atoms with Crippen molar-refractivity contribution < 1.29 is 24.0 Å². The topological polar surface area (TPSA) is 179 Å². The largest absolute Gasteiger partial charge is 0.448 e. The number of aliphatic imine (C=N–C) groups is 1. The van der Waals surface area contributed by atoms with Crippen LogP contribution in [0.25, 0.3) is 11.0 Å². The number of nitrogens with two attached hydrogens (primary N) is 1. The molecule has 0 aliphatic heterocycles. The fourth-order valence-electron chi connectivity index (χ4n) is 5.14. The second kappa shape index (κ2) is 17.9. The third-order valence-corrected chi connectivity index (χ3v) is 7.93. The van der Waals surface area contributed by atoms with E-state index in [0.29, 0.717) is 41.4 Å². The Morgan fingerprint density at radius 1 is 0.922 bits per heavy atom. The van der Waals surface area contributed by atoms with Crippen molar-refractivity contribution in [3.63, 3.8) is 0 Å². The fourth-order valence-corrected chi connectivity index (χ4v) is 5.14. The van der Waals surface area contributed by atoms with Crippen LogP contribution >= 0.6 is 0 Å². The maximum atomic E-state index is 13.8. The van der Waals surface area contributed by atoms with Gasteiger partial charge in [0.05, 0.1) is 30.6 Å². The summed E-state index contributed by atoms with van der Waals surface area (Å²) in [7, 11) is 1.90. The van der Waals surface area contributed by atoms with Crippen molar-refractivity contribution >= 4 is 52.2 Å². The van der Waals surface area contributed by atoms with E-state index in [4.69, 9.17) is 20.3 Å². The Kier molecular flexibility index (Phi) is 12.6. The molecule has 2 aromatic carbocycles. The lowest BCUT2D eigenvalue weighted by Crippen LogP contribution is -2.34. The summed E-state index contributed by atoms with van der Waals surface area (Å²) in [6.45, 7) is 2.88. The number of nitrogens with zero attached hydrogens (tertiary/aromatic N) is 6. The number of hydrogen-bond acceptors (Lipinski definition) is 10. The van der Waals surface area contributed by atoms with Gasteiger partial charge in [-0.1, -0.05) is 38.3 Å². The van der Waals surface area contributed by atoms with Gasteiger partial charge in [-0.15, -0.1) is 0 Å². The summed E-state index contributed by atoms with van der Waals surface area (Å²) in [6, 6.07) is 22.9. The van der Waals surface area contributed by atoms with Gasteiger partial charge < -0.3 is 25.2 Å². The van der Waals surface area contributed by atoms with Crippen LogP contribution in [0.4, 0.5) is 22.1 Å². The van der Waals surface area contributed by atoms with Crippen LogP contribution in [0, 0.1) is 0 Å². The van der Waals surface area contributed by atoms with Crippen molar-refractivity contribution in [2.45, 2.75) is 45.6 Å². The van der Waals surface area contributed by atoms with Gasteiger partial charge in [-0.25, -0.2) is 30.0 Å². The molecule has 2 amide bonds. The molecule has 51 heavy (non-hydrogen) atoms. The molecule has 5 aromatic rings. The van der Waals surface area contributed by atoms with Crippen LogP contribution in [-0.4, -0.2) is 56.5 Å². The van der Waals surface area contributed by atoms with E-state index >= 15 is 0 Å². The Balaban J connectivity index is 1.21. The number of amides is 2. The molecule has 14 nitrogen and oxygen atoms in total. The molecule has 14 heteroatoms. The highest BCUT2D eigenvalue weighted by molar-refractivity contribution is 6.07. The van der Waals surface area contributed by atoms with Gasteiger partial charge in [0.1, 0.15) is 17.5 Å². The first-order valence-corrected chi connectivity index (χ1v) is 16.7. The molecule has 0 aliphatic rings. The van der Waals surface area contributed by atoms with E-state index in [1.165, 1.54) is 4.90 Å². The molecular formula is C37H41N9O5. The van der Waals surface area contributed by atoms with Crippen molar-refractivity contribution in [3.05, 3.63) is 108 Å². The Labute approximate surface area is 295 Å². The lowest BCUT2D eigenvalue weighted by atomic mass is 10.1. The first-order valence-electron chi connectivity index (χ1n) is 16.7. The van der Waals surface area contributed by atoms with Gasteiger partial charge in [-0.05, 0) is 73.2 Å². The molecule has 264 valence electrons. The number of fused-ring (bicyclic) bond motifs is 1. The van der Waals surface area contributed by atoms with E-state index in [-0.39, 0.29) is 24.7 Å². The summed E-state index contributed by atoms with van der Waals surface area (Å²) in [5, 5.41) is 3.35. The molecule has 0 bridgehead atoms. The Bertz CT molecular complexity index is 1950. The molecule has 0 saturated carbocycles. The highest BCUT2D eigenvalue weighted by atomic mass is 16.7. The molecule has 0 spiro atoms. The normalized spacial score (nSPS) is 11.2. The Hall–Kier alpha value is -6.31. The monoisotopic (exact) mass is 691 g/mol. The molecule has 0 unspecified atom stereocenters. The fraction of sp³-hybridized carbons (Fsp3) is 0.270. The minimum atomic E-state index is -0.697. The summed E-state index contributed by atoms with van der Waals surface area (Å²) in [6.07, 6.45) is 6.39. The van der Waals surface area contributed by atoms with E-state index < -0.39 is 12.1 Å². The quantitative estimate of drug-likeness (QED) is 0.0478. The second-order valence-electron chi connectivity index (χ2n) is 11.6. The number of unbranched alkanes of at least 4 members (excludes halogenated alkanes) is 3. The van der Waals surface area contributed by atoms with Crippen LogP contribution in [0.1, 0.15) is 60.8 Å². The van der Waals surface area contributed by atoms with Crippen LogP contribution in [-0.2, 0) is 28.0 Å². The molecule has 0 saturated heterocycles. The average molecular weight is 692 g/mol. The number of ether oxygens (including phenoxy) is 1. The first-order chi connectivity index (χ1) is 24.8. The van der Waals surface area contributed by atoms with E-state index in [1.54, 1.807) is 73.1 Å². The molecule has 3 heterocycles. The molecular weight excluding hydrogens is 650 g/mol. The van der Waals surface area contributed by atoms with Crippen molar-refractivity contribution in [2.75, 3.05) is 28.8 Å². The predicted molar refractivity (Wildman–Crippen MR) is 195 cm³/mol. The van der Waals surface area contributed by atoms with Gasteiger partial charge in [-0.2, -0.15) is 4.99 Å². The number of aromatic nitrogens is 4. The number of rotatable bonds is 16. The minimum absolute atomic E-state index is 0.0352. The number of pyridine rings is 2. The molecule has 0 fully saturated rings. The summed E-state index contributed by atoms with van der Waals surface area (Å²) >= 11 is 0. The predicted octanol–water partition coefficient (Wildman–Crippen LogP) is 6.00. The maximum Gasteiger partial charge on any atom is 0.435 e. The van der Waals surface area contributed by atoms with Crippen molar-refractivity contribution in [2.24, 2.45) is 17.8 Å². The van der Waals surface area contributed by atoms with Gasteiger partial charge in [0.2, 0.25) is 0 Å². The van der Waals surface area contributed by atoms with E-state index in [1.807, 2.05) is 29.8 Å². The van der Waals surface area contributed by atoms with Crippen LogP contribution in [0.2, 0.25) is 0 Å². The van der Waals surface area contributed by atoms with Gasteiger partial charge in [0.25, 0.3) is 5.91 Å². The number of anilines is 3. The van der Waals surface area contributed by atoms with Crippen LogP contribution in [0.3, 0.4) is 0 Å². The van der Waals surface area contributed by atoms with Crippen molar-refractivity contribution in [3.8, 4) is 0 Å². The number of aryl methyl sites for hydroxylation is 1. The Morgan fingerprint density at radius 2 is 1.69 bits per heavy atom. The number of nitrogens with one attached hydrogen (secondary N) is 2. The molecule has 3 aromatic heterocycles. The third-order valence-electron chi connectivity index (χ3n) is 7.93. The average Bonchev–Trinajstić information content (AvgIpc) is 3.48. The highest BCUT2D eigenvalue weighted by Crippen LogP contribution is 2.21. The van der Waals surface area contributed by atoms with Crippen LogP contribution in [0.5, 0.6) is 0 Å². The SMILES string of the molecule is CCCCCCOC(=O)/N=C(\N)c1ccc(NCc2nc3cc(C(=O)N(CCC(=O)ONc4ccccn4)c4ccccn4)ccc3n2C)cc1. The zero-order chi connectivity index (χ0) is 36.0. The number of carbonyl (C=O) groups is 3. The van der Waals surface area contributed by atoms with Crippen LogP contribution in [0.15, 0.2) is 96.2 Å². The van der Waals surface area contributed by atoms with Gasteiger partial charge in [0, 0.05) is 42.8 Å². The summed E-state index contributed by atoms with van der Waals surface area (Å²) in [5.41, 5.74) is 11.8. The van der Waals surface area contributed by atoms with E-state index in [0.717, 1.165) is 42.7 Å². The van der Waals surface area contributed by atoms with E-state index in [9.17, 15) is 14.4 Å². The number of amidine groups is 1. The molecule has 5 rings (SSSR count). The highest BCUT2D eigenvalue weighted by Gasteiger charge is 2.22. The maximum absolute atomic E-state index is 13.8. The summed E-state index contributed by atoms with van der Waals surface area (Å²) in [4.78, 5) is 61.9. The second-order valence-corrected chi connectivity index (χ2v) is 11.6. The first kappa shape index (κ1) is 36.0. The number of carbonyl (C=O) groups excluding carboxylic acids is 3. The zero-order valence-electron chi connectivity index (χ0n) is 28.6. The summed E-state index contributed by atoms with van der Waals surface area (Å²) < 4.78 is 7.10. The van der Waals surface area contributed by atoms with Gasteiger partial charge >= 0.3 is 12.1 Å². The lowest BCUT2D eigenvalue weighted by Gasteiger charge is -2.21. The zero-order valence-corrected chi connectivity index (χ0v) is 28.6. The third kappa shape index (κ3) is 10.1. The smallest absolute Gasteiger partial charge is 0.435 e. The molecule has 0 atom stereocenters. The van der Waals surface area contributed by atoms with Crippen LogP contribution < -0.4 is 21.4 Å². The number of benzene rings is 2. The molecule has 4 N–H and O–H groups in total. The molecule has 0 radical (unpaired) electrons. The lowest BCUT2D eigenvalue weighted by molar-refractivity contribution is -0.140. The van der Waals surface area contributed by atoms with Gasteiger partial charge in [0.15, 0.2) is 5.82 Å². The van der Waals surface area contributed by atoms with E-state index in [2.05, 4.69) is 32.7 Å².